The van der Waals surface area contributed by atoms with Crippen LogP contribution in [0, 0.1) is 24.0 Å². The lowest BCUT2D eigenvalue weighted by atomic mass is 10.1. The van der Waals surface area contributed by atoms with Gasteiger partial charge in [0.2, 0.25) is 11.1 Å². The number of nitrogens with one attached hydrogen (secondary N) is 1. The highest BCUT2D eigenvalue weighted by molar-refractivity contribution is 6.64. The van der Waals surface area contributed by atoms with Gasteiger partial charge in [-0.15, -0.1) is 0 Å². The molecule has 0 spiro atoms. The summed E-state index contributed by atoms with van der Waals surface area (Å²) < 4.78 is 63.5. The van der Waals surface area contributed by atoms with Crippen LogP contribution < -0.4 is 50.6 Å². The van der Waals surface area contributed by atoms with E-state index < -0.39 is 63.5 Å². The zero-order valence-corrected chi connectivity index (χ0v) is 76.6. The Bertz CT molecular complexity index is 7060. The van der Waals surface area contributed by atoms with Gasteiger partial charge in [0, 0.05) is 39.0 Å². The van der Waals surface area contributed by atoms with E-state index in [1.165, 1.54) is 81.0 Å². The van der Waals surface area contributed by atoms with Crippen molar-refractivity contribution in [1.29, 1.82) is 0 Å². The maximum atomic E-state index is 12.9. The number of alkyl halides is 1. The second kappa shape index (κ2) is 52.0. The number of aromatic hydroxyl groups is 1. The normalized spacial score (nSPS) is 10.2. The van der Waals surface area contributed by atoms with Crippen LogP contribution in [0.4, 0.5) is 21.5 Å². The Hall–Kier alpha value is -17.0. The number of nitro benzene ring substituents is 1. The minimum absolute atomic E-state index is 0.0157. The molecule has 2 aromatic heterocycles. The van der Waals surface area contributed by atoms with Crippen LogP contribution in [0.5, 0.6) is 40.2 Å². The molecule has 0 saturated heterocycles. The average molecular weight is 1850 g/mol. The van der Waals surface area contributed by atoms with Gasteiger partial charge in [-0.25, -0.2) is 14.0 Å². The number of aromatic carboxylic acids is 1. The van der Waals surface area contributed by atoms with Crippen molar-refractivity contribution in [2.45, 2.75) is 33.6 Å². The first kappa shape index (κ1) is 103. The van der Waals surface area contributed by atoms with Gasteiger partial charge in [-0.2, -0.15) is 0 Å². The summed E-state index contributed by atoms with van der Waals surface area (Å²) >= 11 is 4.81. The molecule has 16 rings (SSSR count). The molecule has 0 aliphatic rings. The zero-order valence-electron chi connectivity index (χ0n) is 75.8. The Labute approximate surface area is 780 Å². The number of hydrogen-bond donors (Lipinski definition) is 4. The molecule has 1 amide bonds. The van der Waals surface area contributed by atoms with E-state index in [2.05, 4.69) is 37.7 Å². The molecular weight excluding hydrogens is 1750 g/mol. The van der Waals surface area contributed by atoms with Gasteiger partial charge in [-0.05, 0) is 166 Å². The number of amides is 1. The fraction of sp³-hybridized carbons (Fsp3) is 0.152. The molecule has 0 aliphatic carbocycles. The molecule has 2 heterocycles. The number of phenols is 1. The van der Waals surface area contributed by atoms with E-state index in [1.807, 2.05) is 207 Å². The molecule has 135 heavy (non-hydrogen) atoms. The molecule has 0 aliphatic heterocycles. The number of halogens is 2. The number of allylic oxidation sites excluding steroid dienone is 1. The maximum Gasteiger partial charge on any atom is 0.343 e. The van der Waals surface area contributed by atoms with E-state index in [1.54, 1.807) is 95.8 Å². The van der Waals surface area contributed by atoms with Gasteiger partial charge in [0.25, 0.3) is 11.1 Å². The van der Waals surface area contributed by atoms with Crippen molar-refractivity contribution < 1.29 is 100 Å². The van der Waals surface area contributed by atoms with Crippen LogP contribution in [-0.4, -0.2) is 142 Å². The highest BCUT2D eigenvalue weighted by Gasteiger charge is 2.23. The van der Waals surface area contributed by atoms with Crippen molar-refractivity contribution in [3.8, 4) is 51.6 Å². The first-order valence-electron chi connectivity index (χ1n) is 41.2. The van der Waals surface area contributed by atoms with Crippen molar-refractivity contribution in [3.05, 3.63) is 357 Å². The number of carbonyl (C=O) groups excluding carboxylic acids is 6. The Morgan fingerprint density at radius 3 is 1.27 bits per heavy atom. The number of methoxy groups -OCH3 is 9. The summed E-state index contributed by atoms with van der Waals surface area (Å²) in [5.74, 6) is -0.230. The molecule has 30 heteroatoms. The number of aryl methyl sites for hydroxylation is 2. The summed E-state index contributed by atoms with van der Waals surface area (Å²) in [6.07, 6.45) is 1.59. The predicted molar refractivity (Wildman–Crippen MR) is 523 cm³/mol. The van der Waals surface area contributed by atoms with Crippen molar-refractivity contribution in [3.63, 3.8) is 0 Å². The van der Waals surface area contributed by atoms with Gasteiger partial charge in [0.05, 0.1) is 110 Å². The van der Waals surface area contributed by atoms with Crippen molar-refractivity contribution in [2.75, 3.05) is 88.3 Å². The summed E-state index contributed by atoms with van der Waals surface area (Å²) in [4.78, 5) is 112. The summed E-state index contributed by atoms with van der Waals surface area (Å²) in [7, 11) is 13.0. The number of phenolic OH excluding ortho intramolecular Hbond substituents is 1. The maximum absolute atomic E-state index is 12.9. The number of ketones is 1. The average Bonchev–Trinajstić information content (AvgIpc) is 0.749. The minimum atomic E-state index is -1.25. The first-order chi connectivity index (χ1) is 65.1. The van der Waals surface area contributed by atoms with Crippen LogP contribution >= 0.6 is 11.6 Å². The van der Waals surface area contributed by atoms with Crippen molar-refractivity contribution >= 4 is 145 Å². The second-order valence-electron chi connectivity index (χ2n) is 28.4. The molecule has 16 aromatic rings. The van der Waals surface area contributed by atoms with Crippen LogP contribution in [0.25, 0.3) is 86.8 Å². The molecule has 0 fully saturated rings. The Morgan fingerprint density at radius 2 is 0.830 bits per heavy atom. The number of nitrogen functional groups attached to an aromatic ring is 1. The fourth-order valence-electron chi connectivity index (χ4n) is 13.4. The van der Waals surface area contributed by atoms with Crippen molar-refractivity contribution in [1.82, 2.24) is 9.13 Å². The number of nitro groups is 1. The number of carbonyl (C=O) groups is 7. The first-order valence-corrected chi connectivity index (χ1v) is 41.6. The van der Waals surface area contributed by atoms with E-state index >= 15 is 0 Å². The smallest absolute Gasteiger partial charge is 0.343 e. The topological polar surface area (TPSA) is 377 Å². The molecular formula is C105H99ClFN5O23. The van der Waals surface area contributed by atoms with Crippen molar-refractivity contribution in [2.24, 2.45) is 0 Å². The molecule has 14 aromatic carbocycles. The van der Waals surface area contributed by atoms with Gasteiger partial charge in [0.1, 0.15) is 58.5 Å². The number of anilines is 2. The number of hydrogen-bond acceptors (Lipinski definition) is 23. The SMILES string of the molecule is CCO/C=C/C(=O)CF.COC(=O)CC(=O)Cl.COC(=O)CC(=O)Nc1c(OC)ccc2ccccc12.COC(=O)c1ccc(C)n(-c2c(OC)ccc3ccccc23)c1=O.COc1ccc2ccccc2c1.COc1ccc2ccccc2c1-n1c(C)ccc(C(=O)O)c1=O.COc1ccc2ccccc2c1N.COc1ccc2ccccc2c1[N+](=O)[O-].Oc1ccc2ccccc2c1. The quantitative estimate of drug-likeness (QED) is 0.00633. The number of nitrogens with zero attached hydrogens (tertiary/aromatic N) is 3. The lowest BCUT2D eigenvalue weighted by Gasteiger charge is -2.17. The third-order valence-corrected chi connectivity index (χ3v) is 20.1. The largest absolute Gasteiger partial charge is 0.508 e. The summed E-state index contributed by atoms with van der Waals surface area (Å²) in [6, 6.07) is 90.2. The van der Waals surface area contributed by atoms with E-state index in [4.69, 9.17) is 55.6 Å². The number of fused-ring (bicyclic) bond motifs is 7. The van der Waals surface area contributed by atoms with Gasteiger partial charge in [-0.3, -0.25) is 52.8 Å². The third-order valence-electron chi connectivity index (χ3n) is 20.0. The number of nitrogens with two attached hydrogens (primary N) is 1. The molecule has 0 atom stereocenters. The van der Waals surface area contributed by atoms with Gasteiger partial charge < -0.3 is 68.6 Å². The van der Waals surface area contributed by atoms with E-state index in [0.717, 1.165) is 76.8 Å². The number of benzene rings is 14. The number of rotatable bonds is 20. The zero-order chi connectivity index (χ0) is 98.2. The monoisotopic (exact) mass is 1850 g/mol. The van der Waals surface area contributed by atoms with Gasteiger partial charge in [0.15, 0.2) is 18.2 Å². The van der Waals surface area contributed by atoms with Crippen LogP contribution in [0.1, 0.15) is 51.9 Å². The lowest BCUT2D eigenvalue weighted by molar-refractivity contribution is -0.383. The molecule has 0 saturated carbocycles. The molecule has 0 unspecified atom stereocenters. The van der Waals surface area contributed by atoms with E-state index in [0.29, 0.717) is 74.9 Å². The third kappa shape index (κ3) is 28.3. The number of carboxylic acid groups (broad SMARTS) is 1. The summed E-state index contributed by atoms with van der Waals surface area (Å²) in [5.41, 5.74) is 8.39. The number of aromatic nitrogens is 2. The fourth-order valence-corrected chi connectivity index (χ4v) is 13.5. The Kier molecular flexibility index (Phi) is 39.9. The number of pyridine rings is 2. The standard InChI is InChI=1S/C19H17NO4.C18H15NO4.C15H15NO4.C11H9NO3.C11H11NO.C11H10O.C10H8O.C6H9FO2.C4H5ClO3/c1-12-8-10-15(19(22)24-3)18(21)20(12)17-14-7-5-4-6-13(14)9-11-16(17)23-2;1-11-7-9-14(18(21)22)17(20)19(11)16-13-6-4-3-5-12(13)8-10-15(16)23-2;1-19-12-8-7-10-5-3-4-6-11(10)15(12)16-13(17)9-14(18)20-2;1-15-10-7-6-8-4-2-3-5-9(8)11(10)12(13)14;1-13-10-7-6-8-4-2-3-5-9(8)11(10)12;1-12-11-7-6-9-4-2-3-5-10(9)8-11;11-10-6-5-8-3-1-2-4-9(8)7-10;1-2-9-4-3-6(8)5-7;1-8-4(7)2-3(5)6/h4-11H,1-3H3;3-10H,1-2H3,(H,21,22);3-8H,9H2,1-2H3,(H,16,17);2-7H,1H3;2-7H,12H2,1H3;2-8H,1H3;1-7,11H;3-4H,2,5H2,1H3;2H2,1H3/b;;;;;;;4-3+;. The van der Waals surface area contributed by atoms with Gasteiger partial charge in [-0.1, -0.05) is 206 Å². The number of carboxylic acids is 1. The number of esters is 3. The summed E-state index contributed by atoms with van der Waals surface area (Å²) in [5, 5.41) is 45.0. The molecule has 0 bridgehead atoms. The minimum Gasteiger partial charge on any atom is -0.508 e. The molecule has 696 valence electrons. The van der Waals surface area contributed by atoms with Crippen LogP contribution in [0.2, 0.25) is 0 Å². The Morgan fingerprint density at radius 1 is 0.444 bits per heavy atom. The summed E-state index contributed by atoms with van der Waals surface area (Å²) in [6.45, 7) is 4.89. The highest BCUT2D eigenvalue weighted by Crippen LogP contribution is 2.38. The molecule has 28 nitrogen and oxygen atoms in total. The van der Waals surface area contributed by atoms with E-state index in [9.17, 15) is 62.8 Å². The molecule has 0 radical (unpaired) electrons. The van der Waals surface area contributed by atoms with Crippen LogP contribution in [0.15, 0.2) is 313 Å². The predicted octanol–water partition coefficient (Wildman–Crippen LogP) is 20.4. The second-order valence-corrected chi connectivity index (χ2v) is 28.8. The van der Waals surface area contributed by atoms with Crippen LogP contribution in [0.3, 0.4) is 0 Å². The van der Waals surface area contributed by atoms with Gasteiger partial charge >= 0.3 is 29.6 Å². The number of ether oxygens (including phenoxy) is 10. The lowest BCUT2D eigenvalue weighted by Crippen LogP contribution is -2.27. The van der Waals surface area contributed by atoms with E-state index in [-0.39, 0.29) is 29.7 Å². The van der Waals surface area contributed by atoms with Crippen LogP contribution in [-0.2, 0) is 42.9 Å². The molecule has 5 N–H and O–H groups in total. The highest BCUT2D eigenvalue weighted by atomic mass is 35.5. The Balaban J connectivity index is 0.000000191.